The summed E-state index contributed by atoms with van der Waals surface area (Å²) in [7, 11) is 0. The molecule has 3 saturated heterocycles. The lowest BCUT2D eigenvalue weighted by Crippen LogP contribution is -2.44. The minimum Gasteiger partial charge on any atom is -0.508 e. The number of anilines is 2. The van der Waals surface area contributed by atoms with Crippen LogP contribution in [0.2, 0.25) is 0 Å². The lowest BCUT2D eigenvalue weighted by molar-refractivity contribution is 0.0996. The summed E-state index contributed by atoms with van der Waals surface area (Å²) in [5.41, 5.74) is 8.37. The van der Waals surface area contributed by atoms with Gasteiger partial charge in [0, 0.05) is 30.6 Å². The number of aryl methyl sites for hydroxylation is 1. The number of benzene rings is 2. The van der Waals surface area contributed by atoms with Gasteiger partial charge in [-0.25, -0.2) is 4.39 Å². The molecule has 1 amide bonds. The third-order valence-corrected chi connectivity index (χ3v) is 9.53. The third-order valence-electron chi connectivity index (χ3n) is 9.53. The number of phenolic OH excluding ortho intramolecular Hbond substituents is 1. The standard InChI is InChI=1S/C31H37FN6O3/c1-2-22-23(32)8-7-19-14-21(39)15-25(26(19)22)38-17-24-27(29(38)40)28(36-11-3-6-20(33)16-36)35-30(34-24)41-18-31-9-4-12-37(31)13-5-10-31/h7-8,14-15,20,39H,2-6,9-13,16-18,33H2,1H3. The van der Waals surface area contributed by atoms with Crippen molar-refractivity contribution in [3.05, 3.63) is 46.9 Å². The molecular formula is C31H37FN6O3. The average Bonchev–Trinajstić information content (AvgIpc) is 3.64. The summed E-state index contributed by atoms with van der Waals surface area (Å²) in [4.78, 5) is 30.0. The average molecular weight is 561 g/mol. The lowest BCUT2D eigenvalue weighted by Gasteiger charge is -2.33. The van der Waals surface area contributed by atoms with Gasteiger partial charge in [-0.2, -0.15) is 9.97 Å². The molecule has 4 aliphatic rings. The van der Waals surface area contributed by atoms with Crippen molar-refractivity contribution < 1.29 is 19.0 Å². The van der Waals surface area contributed by atoms with Crippen molar-refractivity contribution in [2.45, 2.75) is 70.0 Å². The van der Waals surface area contributed by atoms with Gasteiger partial charge in [0.2, 0.25) is 0 Å². The summed E-state index contributed by atoms with van der Waals surface area (Å²) in [6.45, 7) is 6.13. The molecule has 0 radical (unpaired) electrons. The Morgan fingerprint density at radius 1 is 1.15 bits per heavy atom. The van der Waals surface area contributed by atoms with Crippen LogP contribution in [0, 0.1) is 5.82 Å². The number of aromatic nitrogens is 2. The first-order valence-electron chi connectivity index (χ1n) is 14.9. The van der Waals surface area contributed by atoms with E-state index in [2.05, 4.69) is 9.80 Å². The second-order valence-corrected chi connectivity index (χ2v) is 12.0. The van der Waals surface area contributed by atoms with Crippen LogP contribution in [-0.2, 0) is 13.0 Å². The molecule has 0 bridgehead atoms. The smallest absolute Gasteiger partial charge is 0.318 e. The van der Waals surface area contributed by atoms with Crippen molar-refractivity contribution in [1.82, 2.24) is 14.9 Å². The predicted octanol–water partition coefficient (Wildman–Crippen LogP) is 4.13. The van der Waals surface area contributed by atoms with Gasteiger partial charge in [-0.1, -0.05) is 13.0 Å². The molecule has 1 aromatic heterocycles. The number of rotatable bonds is 6. The molecular weight excluding hydrogens is 523 g/mol. The molecule has 2 aromatic carbocycles. The van der Waals surface area contributed by atoms with Crippen molar-refractivity contribution in [1.29, 1.82) is 0 Å². The number of carbonyl (C=O) groups is 1. The van der Waals surface area contributed by atoms with Gasteiger partial charge < -0.3 is 25.4 Å². The van der Waals surface area contributed by atoms with E-state index in [9.17, 15) is 14.3 Å². The predicted molar refractivity (Wildman–Crippen MR) is 155 cm³/mol. The number of phenols is 1. The number of aromatic hydroxyl groups is 1. The molecule has 1 atom stereocenters. The van der Waals surface area contributed by atoms with E-state index >= 15 is 0 Å². The summed E-state index contributed by atoms with van der Waals surface area (Å²) in [6.07, 6.45) is 6.84. The van der Waals surface area contributed by atoms with E-state index in [-0.39, 0.29) is 41.6 Å². The van der Waals surface area contributed by atoms with Gasteiger partial charge in [-0.15, -0.1) is 0 Å². The molecule has 1 unspecified atom stereocenters. The van der Waals surface area contributed by atoms with Gasteiger partial charge in [0.25, 0.3) is 5.91 Å². The first kappa shape index (κ1) is 26.4. The molecule has 3 N–H and O–H groups in total. The molecule has 7 rings (SSSR count). The summed E-state index contributed by atoms with van der Waals surface area (Å²) in [5, 5.41) is 11.9. The summed E-state index contributed by atoms with van der Waals surface area (Å²) >= 11 is 0. The fourth-order valence-electron chi connectivity index (χ4n) is 7.55. The van der Waals surface area contributed by atoms with Crippen LogP contribution in [0.5, 0.6) is 11.8 Å². The van der Waals surface area contributed by atoms with Gasteiger partial charge >= 0.3 is 6.01 Å². The summed E-state index contributed by atoms with van der Waals surface area (Å²) in [5.74, 6) is -0.0394. The third kappa shape index (κ3) is 4.39. The summed E-state index contributed by atoms with van der Waals surface area (Å²) in [6, 6.07) is 6.46. The van der Waals surface area contributed by atoms with Crippen LogP contribution in [0.15, 0.2) is 24.3 Å². The molecule has 5 heterocycles. The van der Waals surface area contributed by atoms with Crippen molar-refractivity contribution in [2.75, 3.05) is 42.6 Å². The summed E-state index contributed by atoms with van der Waals surface area (Å²) < 4.78 is 21.3. The number of ether oxygens (including phenoxy) is 1. The van der Waals surface area contributed by atoms with E-state index < -0.39 is 0 Å². The van der Waals surface area contributed by atoms with Crippen LogP contribution in [0.3, 0.4) is 0 Å². The molecule has 4 aliphatic heterocycles. The van der Waals surface area contributed by atoms with E-state index in [1.807, 2.05) is 6.92 Å². The van der Waals surface area contributed by atoms with E-state index in [0.29, 0.717) is 58.7 Å². The van der Waals surface area contributed by atoms with Crippen LogP contribution in [-0.4, -0.2) is 70.2 Å². The Kier molecular flexibility index (Phi) is 6.50. The van der Waals surface area contributed by atoms with E-state index in [1.165, 1.54) is 18.9 Å². The van der Waals surface area contributed by atoms with E-state index in [0.717, 1.165) is 45.3 Å². The zero-order valence-electron chi connectivity index (χ0n) is 23.5. The van der Waals surface area contributed by atoms with Crippen molar-refractivity contribution in [2.24, 2.45) is 5.73 Å². The number of piperidine rings is 1. The molecule has 0 aliphatic carbocycles. The highest BCUT2D eigenvalue weighted by Crippen LogP contribution is 2.42. The van der Waals surface area contributed by atoms with Gasteiger partial charge in [0.05, 0.1) is 23.5 Å². The minimum atomic E-state index is -0.332. The van der Waals surface area contributed by atoms with Crippen LogP contribution < -0.4 is 20.3 Å². The van der Waals surface area contributed by atoms with E-state index in [1.54, 1.807) is 23.1 Å². The Bertz CT molecular complexity index is 1520. The SMILES string of the molecule is CCc1c(F)ccc2cc(O)cc(N3Cc4nc(OCC56CCCN5CCC6)nc(N5CCCC(N)C5)c4C3=O)c12. The number of nitrogens with zero attached hydrogens (tertiary/aromatic N) is 5. The molecule has 10 heteroatoms. The largest absolute Gasteiger partial charge is 0.508 e. The number of amides is 1. The molecule has 9 nitrogen and oxygen atoms in total. The molecule has 0 saturated carbocycles. The molecule has 3 aromatic rings. The zero-order chi connectivity index (χ0) is 28.3. The fourth-order valence-corrected chi connectivity index (χ4v) is 7.55. The normalized spacial score (nSPS) is 22.0. The fraction of sp³-hybridized carbons (Fsp3) is 0.516. The maximum atomic E-state index is 14.9. The van der Waals surface area contributed by atoms with Crippen LogP contribution in [0.25, 0.3) is 10.8 Å². The monoisotopic (exact) mass is 560 g/mol. The number of hydrogen-bond donors (Lipinski definition) is 2. The lowest BCUT2D eigenvalue weighted by atomic mass is 9.95. The Balaban J connectivity index is 1.30. The number of fused-ring (bicyclic) bond motifs is 3. The second-order valence-electron chi connectivity index (χ2n) is 12.0. The number of nitrogens with two attached hydrogens (primary N) is 1. The van der Waals surface area contributed by atoms with Gasteiger partial charge in [0.1, 0.15) is 29.6 Å². The van der Waals surface area contributed by atoms with E-state index in [4.69, 9.17) is 20.4 Å². The van der Waals surface area contributed by atoms with Gasteiger partial charge in [-0.3, -0.25) is 9.69 Å². The molecule has 3 fully saturated rings. The number of carbonyl (C=O) groups excluding carboxylic acids is 1. The first-order chi connectivity index (χ1) is 19.9. The Labute approximate surface area is 239 Å². The number of halogens is 1. The quantitative estimate of drug-likeness (QED) is 0.464. The Morgan fingerprint density at radius 3 is 2.71 bits per heavy atom. The maximum absolute atomic E-state index is 14.9. The van der Waals surface area contributed by atoms with Crippen LogP contribution >= 0.6 is 0 Å². The number of hydrogen-bond acceptors (Lipinski definition) is 8. The molecule has 0 spiro atoms. The highest BCUT2D eigenvalue weighted by molar-refractivity contribution is 6.16. The molecule has 216 valence electrons. The topological polar surface area (TPSA) is 108 Å². The van der Waals surface area contributed by atoms with Crippen LogP contribution in [0.1, 0.15) is 67.1 Å². The van der Waals surface area contributed by atoms with Crippen molar-refractivity contribution >= 4 is 28.2 Å². The Hall–Kier alpha value is -3.50. The highest BCUT2D eigenvalue weighted by Gasteiger charge is 2.45. The second kappa shape index (κ2) is 10.1. The van der Waals surface area contributed by atoms with Crippen LogP contribution in [0.4, 0.5) is 15.9 Å². The highest BCUT2D eigenvalue weighted by atomic mass is 19.1. The Morgan fingerprint density at radius 2 is 1.95 bits per heavy atom. The first-order valence-corrected chi connectivity index (χ1v) is 14.9. The minimum absolute atomic E-state index is 0.0131. The van der Waals surface area contributed by atoms with Crippen molar-refractivity contribution in [3.63, 3.8) is 0 Å². The van der Waals surface area contributed by atoms with Gasteiger partial charge in [-0.05, 0) is 81.1 Å². The van der Waals surface area contributed by atoms with Gasteiger partial charge in [0.15, 0.2) is 0 Å². The zero-order valence-corrected chi connectivity index (χ0v) is 23.5. The van der Waals surface area contributed by atoms with Crippen molar-refractivity contribution in [3.8, 4) is 11.8 Å². The molecule has 41 heavy (non-hydrogen) atoms. The maximum Gasteiger partial charge on any atom is 0.318 e.